The molecule has 8 nitrogen and oxygen atoms in total. The van der Waals surface area contributed by atoms with Gasteiger partial charge < -0.3 is 15.0 Å². The third kappa shape index (κ3) is 3.51. The number of nitrogens with zero attached hydrogens (tertiary/aromatic N) is 2. The van der Waals surface area contributed by atoms with Crippen molar-refractivity contribution in [2.75, 3.05) is 48.2 Å². The van der Waals surface area contributed by atoms with E-state index in [1.165, 1.54) is 9.21 Å². The van der Waals surface area contributed by atoms with Crippen molar-refractivity contribution >= 4 is 33.2 Å². The van der Waals surface area contributed by atoms with Crippen LogP contribution in [0.3, 0.4) is 0 Å². The number of anilines is 2. The quantitative estimate of drug-likeness (QED) is 0.757. The van der Waals surface area contributed by atoms with Crippen molar-refractivity contribution in [3.63, 3.8) is 0 Å². The van der Waals surface area contributed by atoms with Crippen molar-refractivity contribution in [1.29, 1.82) is 0 Å². The number of rotatable bonds is 2. The molecule has 0 aromatic heterocycles. The number of amides is 2. The van der Waals surface area contributed by atoms with Gasteiger partial charge >= 0.3 is 11.8 Å². The molecular weight excluding hydrogens is 334 g/mol. The van der Waals surface area contributed by atoms with Crippen LogP contribution in [0, 0.1) is 0 Å². The van der Waals surface area contributed by atoms with Crippen LogP contribution in [0.2, 0.25) is 0 Å². The first kappa shape index (κ1) is 16.7. The molecule has 0 radical (unpaired) electrons. The summed E-state index contributed by atoms with van der Waals surface area (Å²) in [5, 5.41) is 2.54. The number of hydrogen-bond donors (Lipinski definition) is 1. The SMILES string of the molecule is O=C(Nc1cccc(N2CCCS2(=O)=O)c1)C(=O)N1CCOCC1. The van der Waals surface area contributed by atoms with Gasteiger partial charge in [-0.2, -0.15) is 0 Å². The lowest BCUT2D eigenvalue weighted by molar-refractivity contribution is -0.145. The van der Waals surface area contributed by atoms with Crippen LogP contribution in [0.25, 0.3) is 0 Å². The van der Waals surface area contributed by atoms with Crippen LogP contribution in [0.15, 0.2) is 24.3 Å². The van der Waals surface area contributed by atoms with Crippen molar-refractivity contribution in [3.8, 4) is 0 Å². The molecule has 0 aliphatic carbocycles. The Morgan fingerprint density at radius 1 is 1.12 bits per heavy atom. The lowest BCUT2D eigenvalue weighted by Crippen LogP contribution is -2.45. The molecule has 0 bridgehead atoms. The fourth-order valence-electron chi connectivity index (χ4n) is 2.76. The summed E-state index contributed by atoms with van der Waals surface area (Å²) < 4.78 is 30.4. The lowest BCUT2D eigenvalue weighted by atomic mass is 10.2. The van der Waals surface area contributed by atoms with E-state index in [-0.39, 0.29) is 5.75 Å². The van der Waals surface area contributed by atoms with Crippen molar-refractivity contribution in [2.24, 2.45) is 0 Å². The number of morpholine rings is 1. The molecule has 1 N–H and O–H groups in total. The summed E-state index contributed by atoms with van der Waals surface area (Å²) >= 11 is 0. The highest BCUT2D eigenvalue weighted by Gasteiger charge is 2.29. The summed E-state index contributed by atoms with van der Waals surface area (Å²) in [5.74, 6) is -1.23. The fraction of sp³-hybridized carbons (Fsp3) is 0.467. The Morgan fingerprint density at radius 2 is 1.88 bits per heavy atom. The van der Waals surface area contributed by atoms with Gasteiger partial charge in [-0.05, 0) is 24.6 Å². The molecule has 2 amide bonds. The van der Waals surface area contributed by atoms with Gasteiger partial charge in [0.2, 0.25) is 10.0 Å². The maximum Gasteiger partial charge on any atom is 0.313 e. The standard InChI is InChI=1S/C15H19N3O5S/c19-14(15(20)17-6-8-23-9-7-17)16-12-3-1-4-13(11-12)18-5-2-10-24(18,21)22/h1,3-4,11H,2,5-10H2,(H,16,19). The topological polar surface area (TPSA) is 96.0 Å². The van der Waals surface area contributed by atoms with Crippen molar-refractivity contribution in [1.82, 2.24) is 4.90 Å². The third-order valence-corrected chi connectivity index (χ3v) is 5.85. The van der Waals surface area contributed by atoms with E-state index in [1.807, 2.05) is 0 Å². The molecule has 2 fully saturated rings. The van der Waals surface area contributed by atoms with E-state index < -0.39 is 21.8 Å². The minimum atomic E-state index is -3.29. The average molecular weight is 353 g/mol. The van der Waals surface area contributed by atoms with Gasteiger partial charge in [-0.1, -0.05) is 6.07 Å². The molecule has 1 aromatic carbocycles. The van der Waals surface area contributed by atoms with E-state index in [0.717, 1.165) is 0 Å². The second kappa shape index (κ2) is 6.78. The molecule has 1 aromatic rings. The number of nitrogens with one attached hydrogen (secondary N) is 1. The summed E-state index contributed by atoms with van der Waals surface area (Å²) in [7, 11) is -3.29. The number of carbonyl (C=O) groups is 2. The molecule has 0 atom stereocenters. The van der Waals surface area contributed by atoms with E-state index >= 15 is 0 Å². The predicted octanol–water partition coefficient (Wildman–Crippen LogP) is 0.0238. The normalized spacial score (nSPS) is 20.0. The van der Waals surface area contributed by atoms with Gasteiger partial charge in [0, 0.05) is 25.3 Å². The number of sulfonamides is 1. The minimum absolute atomic E-state index is 0.124. The monoisotopic (exact) mass is 353 g/mol. The van der Waals surface area contributed by atoms with Crippen LogP contribution < -0.4 is 9.62 Å². The highest BCUT2D eigenvalue weighted by molar-refractivity contribution is 7.93. The molecule has 2 saturated heterocycles. The van der Waals surface area contributed by atoms with Crippen molar-refractivity contribution in [2.45, 2.75) is 6.42 Å². The summed E-state index contributed by atoms with van der Waals surface area (Å²) in [6, 6.07) is 6.50. The molecular formula is C15H19N3O5S. The lowest BCUT2D eigenvalue weighted by Gasteiger charge is -2.26. The molecule has 0 spiro atoms. The molecule has 0 unspecified atom stereocenters. The van der Waals surface area contributed by atoms with E-state index in [4.69, 9.17) is 4.74 Å². The Hall–Kier alpha value is -2.13. The smallest absolute Gasteiger partial charge is 0.313 e. The molecule has 0 saturated carbocycles. The van der Waals surface area contributed by atoms with E-state index in [0.29, 0.717) is 50.6 Å². The van der Waals surface area contributed by atoms with E-state index in [1.54, 1.807) is 24.3 Å². The van der Waals surface area contributed by atoms with Gasteiger partial charge in [-0.15, -0.1) is 0 Å². The Bertz CT molecular complexity index is 743. The molecule has 9 heteroatoms. The maximum atomic E-state index is 12.1. The van der Waals surface area contributed by atoms with Crippen molar-refractivity contribution < 1.29 is 22.7 Å². The van der Waals surface area contributed by atoms with E-state index in [2.05, 4.69) is 5.32 Å². The van der Waals surface area contributed by atoms with Crippen molar-refractivity contribution in [3.05, 3.63) is 24.3 Å². The van der Waals surface area contributed by atoms with Crippen LogP contribution in [-0.2, 0) is 24.3 Å². The van der Waals surface area contributed by atoms with Gasteiger partial charge in [0.1, 0.15) is 0 Å². The largest absolute Gasteiger partial charge is 0.378 e. The number of hydrogen-bond acceptors (Lipinski definition) is 5. The van der Waals surface area contributed by atoms with Gasteiger partial charge in [-0.3, -0.25) is 13.9 Å². The van der Waals surface area contributed by atoms with Crippen LogP contribution in [0.4, 0.5) is 11.4 Å². The Labute approximate surface area is 140 Å². The highest BCUT2D eigenvalue weighted by atomic mass is 32.2. The third-order valence-electron chi connectivity index (χ3n) is 3.98. The van der Waals surface area contributed by atoms with Crippen LogP contribution >= 0.6 is 0 Å². The van der Waals surface area contributed by atoms with Gasteiger partial charge in [-0.25, -0.2) is 8.42 Å². The summed E-state index contributed by atoms with van der Waals surface area (Å²) in [6.45, 7) is 2.03. The molecule has 2 aliphatic rings. The first-order chi connectivity index (χ1) is 11.5. The number of ether oxygens (including phenoxy) is 1. The molecule has 3 rings (SSSR count). The zero-order valence-corrected chi connectivity index (χ0v) is 13.9. The van der Waals surface area contributed by atoms with E-state index in [9.17, 15) is 18.0 Å². The van der Waals surface area contributed by atoms with Gasteiger partial charge in [0.25, 0.3) is 0 Å². The highest BCUT2D eigenvalue weighted by Crippen LogP contribution is 2.26. The molecule has 2 heterocycles. The number of benzene rings is 1. The zero-order chi connectivity index (χ0) is 17.2. The molecule has 24 heavy (non-hydrogen) atoms. The Kier molecular flexibility index (Phi) is 4.72. The Balaban J connectivity index is 1.70. The Morgan fingerprint density at radius 3 is 2.54 bits per heavy atom. The zero-order valence-electron chi connectivity index (χ0n) is 13.1. The summed E-state index contributed by atoms with van der Waals surface area (Å²) in [6.07, 6.45) is 0.578. The molecule has 2 aliphatic heterocycles. The predicted molar refractivity (Wildman–Crippen MR) is 88.2 cm³/mol. The second-order valence-corrected chi connectivity index (χ2v) is 7.66. The molecule has 130 valence electrons. The first-order valence-corrected chi connectivity index (χ1v) is 9.37. The van der Waals surface area contributed by atoms with Gasteiger partial charge in [0.15, 0.2) is 0 Å². The summed E-state index contributed by atoms with van der Waals surface area (Å²) in [4.78, 5) is 25.6. The minimum Gasteiger partial charge on any atom is -0.378 e. The van der Waals surface area contributed by atoms with Crippen LogP contribution in [-0.4, -0.2) is 63.7 Å². The van der Waals surface area contributed by atoms with Crippen LogP contribution in [0.5, 0.6) is 0 Å². The number of carbonyl (C=O) groups excluding carboxylic acids is 2. The summed E-state index contributed by atoms with van der Waals surface area (Å²) in [5.41, 5.74) is 0.880. The van der Waals surface area contributed by atoms with Crippen LogP contribution in [0.1, 0.15) is 6.42 Å². The average Bonchev–Trinajstić information content (AvgIpc) is 2.94. The first-order valence-electron chi connectivity index (χ1n) is 7.76. The fourth-order valence-corrected chi connectivity index (χ4v) is 4.32. The van der Waals surface area contributed by atoms with Gasteiger partial charge in [0.05, 0.1) is 24.7 Å². The maximum absolute atomic E-state index is 12.1. The second-order valence-electron chi connectivity index (χ2n) is 5.65.